The van der Waals surface area contributed by atoms with Crippen LogP contribution in [0, 0.1) is 12.8 Å². The average Bonchev–Trinajstić information content (AvgIpc) is 2.40. The zero-order valence-electron chi connectivity index (χ0n) is 13.0. The predicted molar refractivity (Wildman–Crippen MR) is 81.1 cm³/mol. The Morgan fingerprint density at radius 1 is 1.25 bits per heavy atom. The summed E-state index contributed by atoms with van der Waals surface area (Å²) in [5, 5.41) is 13.0. The van der Waals surface area contributed by atoms with Gasteiger partial charge in [0.05, 0.1) is 19.8 Å². The highest BCUT2D eigenvalue weighted by Gasteiger charge is 2.05. The van der Waals surface area contributed by atoms with Crippen LogP contribution in [0.2, 0.25) is 0 Å². The number of hydrogen-bond acceptors (Lipinski definition) is 4. The molecule has 0 aliphatic heterocycles. The van der Waals surface area contributed by atoms with Crippen LogP contribution in [-0.2, 0) is 11.3 Å². The van der Waals surface area contributed by atoms with Crippen LogP contribution in [0.1, 0.15) is 25.0 Å². The highest BCUT2D eigenvalue weighted by atomic mass is 16.5. The number of aryl methyl sites for hydroxylation is 1. The number of aliphatic hydroxyl groups is 1. The minimum Gasteiger partial charge on any atom is -0.496 e. The minimum atomic E-state index is -0.471. The first kappa shape index (κ1) is 17.0. The van der Waals surface area contributed by atoms with E-state index >= 15 is 0 Å². The molecule has 4 nitrogen and oxygen atoms in total. The van der Waals surface area contributed by atoms with Crippen LogP contribution < -0.4 is 10.1 Å². The van der Waals surface area contributed by atoms with E-state index < -0.39 is 6.10 Å². The van der Waals surface area contributed by atoms with E-state index in [0.717, 1.165) is 16.9 Å². The highest BCUT2D eigenvalue weighted by Crippen LogP contribution is 2.18. The second-order valence-electron chi connectivity index (χ2n) is 5.52. The van der Waals surface area contributed by atoms with Crippen molar-refractivity contribution in [3.63, 3.8) is 0 Å². The van der Waals surface area contributed by atoms with E-state index in [4.69, 9.17) is 9.47 Å². The molecule has 1 aromatic rings. The van der Waals surface area contributed by atoms with E-state index in [0.29, 0.717) is 32.2 Å². The monoisotopic (exact) mass is 281 g/mol. The molecular weight excluding hydrogens is 254 g/mol. The lowest BCUT2D eigenvalue weighted by Gasteiger charge is -2.14. The Labute approximate surface area is 122 Å². The molecule has 0 heterocycles. The summed E-state index contributed by atoms with van der Waals surface area (Å²) in [6.07, 6.45) is -0.471. The standard InChI is InChI=1S/C16H27NO3/c1-12(2)10-20-11-15(18)9-17-8-14-6-5-13(3)16(7-14)19-4/h5-7,12,15,17-18H,8-11H2,1-4H3. The summed E-state index contributed by atoms with van der Waals surface area (Å²) in [7, 11) is 1.68. The maximum absolute atomic E-state index is 9.77. The van der Waals surface area contributed by atoms with Crippen LogP contribution in [0.25, 0.3) is 0 Å². The molecule has 0 aliphatic carbocycles. The predicted octanol–water partition coefficient (Wildman–Crippen LogP) is 2.13. The average molecular weight is 281 g/mol. The first-order valence-electron chi connectivity index (χ1n) is 7.13. The third-order valence-corrected chi connectivity index (χ3v) is 2.94. The molecule has 0 aromatic heterocycles. The van der Waals surface area contributed by atoms with Crippen molar-refractivity contribution in [1.29, 1.82) is 0 Å². The van der Waals surface area contributed by atoms with E-state index in [-0.39, 0.29) is 0 Å². The van der Waals surface area contributed by atoms with Crippen molar-refractivity contribution in [3.8, 4) is 5.75 Å². The summed E-state index contributed by atoms with van der Waals surface area (Å²) < 4.78 is 10.7. The summed E-state index contributed by atoms with van der Waals surface area (Å²) >= 11 is 0. The van der Waals surface area contributed by atoms with Gasteiger partial charge in [-0.05, 0) is 30.0 Å². The number of ether oxygens (including phenoxy) is 2. The quantitative estimate of drug-likeness (QED) is 0.728. The van der Waals surface area contributed by atoms with E-state index in [1.165, 1.54) is 0 Å². The summed E-state index contributed by atoms with van der Waals surface area (Å²) in [5.41, 5.74) is 2.26. The summed E-state index contributed by atoms with van der Waals surface area (Å²) in [6, 6.07) is 6.12. The second kappa shape index (κ2) is 8.95. The number of nitrogens with one attached hydrogen (secondary N) is 1. The minimum absolute atomic E-state index is 0.377. The Kier molecular flexibility index (Phi) is 7.59. The van der Waals surface area contributed by atoms with E-state index in [2.05, 4.69) is 25.2 Å². The van der Waals surface area contributed by atoms with Gasteiger partial charge in [0.1, 0.15) is 5.75 Å². The Bertz CT molecular complexity index is 393. The fourth-order valence-electron chi connectivity index (χ4n) is 1.86. The lowest BCUT2D eigenvalue weighted by molar-refractivity contribution is 0.0260. The number of rotatable bonds is 9. The lowest BCUT2D eigenvalue weighted by atomic mass is 10.1. The van der Waals surface area contributed by atoms with Gasteiger partial charge >= 0.3 is 0 Å². The maximum Gasteiger partial charge on any atom is 0.122 e. The van der Waals surface area contributed by atoms with E-state index in [1.54, 1.807) is 7.11 Å². The van der Waals surface area contributed by atoms with Crippen LogP contribution in [0.5, 0.6) is 5.75 Å². The SMILES string of the molecule is COc1cc(CNCC(O)COCC(C)C)ccc1C. The molecule has 0 aliphatic rings. The molecule has 1 atom stereocenters. The van der Waals surface area contributed by atoms with Crippen molar-refractivity contribution in [2.24, 2.45) is 5.92 Å². The molecule has 0 amide bonds. The Balaban J connectivity index is 2.26. The molecule has 0 saturated carbocycles. The molecule has 1 unspecified atom stereocenters. The number of hydrogen-bond donors (Lipinski definition) is 2. The van der Waals surface area contributed by atoms with Gasteiger partial charge in [-0.3, -0.25) is 0 Å². The van der Waals surface area contributed by atoms with Gasteiger partial charge in [-0.2, -0.15) is 0 Å². The number of methoxy groups -OCH3 is 1. The van der Waals surface area contributed by atoms with Crippen molar-refractivity contribution in [1.82, 2.24) is 5.32 Å². The van der Waals surface area contributed by atoms with Gasteiger partial charge in [-0.1, -0.05) is 26.0 Å². The third kappa shape index (κ3) is 6.37. The van der Waals surface area contributed by atoms with E-state index in [9.17, 15) is 5.11 Å². The van der Waals surface area contributed by atoms with Gasteiger partial charge in [0.25, 0.3) is 0 Å². The molecule has 0 fully saturated rings. The molecule has 0 saturated heterocycles. The molecule has 2 N–H and O–H groups in total. The number of aliphatic hydroxyl groups excluding tert-OH is 1. The van der Waals surface area contributed by atoms with Gasteiger partial charge in [0, 0.05) is 19.7 Å². The van der Waals surface area contributed by atoms with Gasteiger partial charge < -0.3 is 19.9 Å². The van der Waals surface area contributed by atoms with Crippen molar-refractivity contribution < 1.29 is 14.6 Å². The van der Waals surface area contributed by atoms with Crippen LogP contribution in [0.15, 0.2) is 18.2 Å². The fourth-order valence-corrected chi connectivity index (χ4v) is 1.86. The Morgan fingerprint density at radius 3 is 2.65 bits per heavy atom. The normalized spacial score (nSPS) is 12.7. The first-order valence-corrected chi connectivity index (χ1v) is 7.13. The molecular formula is C16H27NO3. The van der Waals surface area contributed by atoms with E-state index in [1.807, 2.05) is 19.1 Å². The van der Waals surface area contributed by atoms with Crippen molar-refractivity contribution in [2.75, 3.05) is 26.9 Å². The number of benzene rings is 1. The molecule has 1 aromatic carbocycles. The second-order valence-corrected chi connectivity index (χ2v) is 5.52. The van der Waals surface area contributed by atoms with Crippen molar-refractivity contribution >= 4 is 0 Å². The topological polar surface area (TPSA) is 50.7 Å². The largest absolute Gasteiger partial charge is 0.496 e. The van der Waals surface area contributed by atoms with Gasteiger partial charge in [0.15, 0.2) is 0 Å². The van der Waals surface area contributed by atoms with Crippen molar-refractivity contribution in [2.45, 2.75) is 33.4 Å². The fraction of sp³-hybridized carbons (Fsp3) is 0.625. The lowest BCUT2D eigenvalue weighted by Crippen LogP contribution is -2.30. The van der Waals surface area contributed by atoms with Crippen LogP contribution in [0.3, 0.4) is 0 Å². The van der Waals surface area contributed by atoms with Crippen LogP contribution in [-0.4, -0.2) is 38.1 Å². The zero-order valence-corrected chi connectivity index (χ0v) is 13.0. The van der Waals surface area contributed by atoms with Crippen LogP contribution in [0.4, 0.5) is 0 Å². The molecule has 1 rings (SSSR count). The molecule has 0 radical (unpaired) electrons. The van der Waals surface area contributed by atoms with Gasteiger partial charge in [-0.25, -0.2) is 0 Å². The molecule has 114 valence electrons. The zero-order chi connectivity index (χ0) is 15.0. The molecule has 0 spiro atoms. The van der Waals surface area contributed by atoms with Gasteiger partial charge in [0.2, 0.25) is 0 Å². The third-order valence-electron chi connectivity index (χ3n) is 2.94. The Hall–Kier alpha value is -1.10. The van der Waals surface area contributed by atoms with Crippen LogP contribution >= 0.6 is 0 Å². The summed E-state index contributed by atoms with van der Waals surface area (Å²) in [6.45, 7) is 8.50. The summed E-state index contributed by atoms with van der Waals surface area (Å²) in [5.74, 6) is 1.39. The smallest absolute Gasteiger partial charge is 0.122 e. The molecule has 0 bridgehead atoms. The summed E-state index contributed by atoms with van der Waals surface area (Å²) in [4.78, 5) is 0. The van der Waals surface area contributed by atoms with Crippen molar-refractivity contribution in [3.05, 3.63) is 29.3 Å². The molecule has 4 heteroatoms. The first-order chi connectivity index (χ1) is 9.52. The Morgan fingerprint density at radius 2 is 2.00 bits per heavy atom. The maximum atomic E-state index is 9.77. The molecule has 20 heavy (non-hydrogen) atoms. The van der Waals surface area contributed by atoms with Gasteiger partial charge in [-0.15, -0.1) is 0 Å². The highest BCUT2D eigenvalue weighted by molar-refractivity contribution is 5.36.